The standard InChI is InChI=1S/C15H20N4O/c1-4-20-14-8-11(2)17-15(18-14)19(3)10-12-6-5-7-13(16)9-12/h5-9H,4,10,16H2,1-3H3. The van der Waals surface area contributed by atoms with Gasteiger partial charge in [-0.1, -0.05) is 12.1 Å². The molecule has 0 radical (unpaired) electrons. The summed E-state index contributed by atoms with van der Waals surface area (Å²) in [5.41, 5.74) is 8.56. The molecule has 0 saturated carbocycles. The molecule has 0 atom stereocenters. The van der Waals surface area contributed by atoms with Crippen LogP contribution in [0, 0.1) is 6.92 Å². The van der Waals surface area contributed by atoms with Crippen LogP contribution in [0.25, 0.3) is 0 Å². The van der Waals surface area contributed by atoms with Gasteiger partial charge in [0.15, 0.2) is 0 Å². The number of benzene rings is 1. The van der Waals surface area contributed by atoms with Gasteiger partial charge in [-0.05, 0) is 31.5 Å². The zero-order valence-corrected chi connectivity index (χ0v) is 12.1. The van der Waals surface area contributed by atoms with Crippen molar-refractivity contribution in [2.45, 2.75) is 20.4 Å². The highest BCUT2D eigenvalue weighted by Gasteiger charge is 2.08. The van der Waals surface area contributed by atoms with E-state index in [-0.39, 0.29) is 0 Å². The van der Waals surface area contributed by atoms with Crippen molar-refractivity contribution in [1.29, 1.82) is 0 Å². The molecule has 0 unspecified atom stereocenters. The Balaban J connectivity index is 2.18. The van der Waals surface area contributed by atoms with Crippen LogP contribution in [0.2, 0.25) is 0 Å². The van der Waals surface area contributed by atoms with Crippen molar-refractivity contribution >= 4 is 11.6 Å². The number of ether oxygens (including phenoxy) is 1. The first kappa shape index (κ1) is 14.1. The lowest BCUT2D eigenvalue weighted by molar-refractivity contribution is 0.326. The zero-order valence-electron chi connectivity index (χ0n) is 12.1. The van der Waals surface area contributed by atoms with Gasteiger partial charge in [-0.2, -0.15) is 4.98 Å². The van der Waals surface area contributed by atoms with Gasteiger partial charge in [-0.3, -0.25) is 0 Å². The van der Waals surface area contributed by atoms with Crippen molar-refractivity contribution in [3.8, 4) is 5.88 Å². The van der Waals surface area contributed by atoms with Crippen molar-refractivity contribution < 1.29 is 4.74 Å². The van der Waals surface area contributed by atoms with Crippen LogP contribution < -0.4 is 15.4 Å². The Kier molecular flexibility index (Phi) is 4.40. The lowest BCUT2D eigenvalue weighted by Gasteiger charge is -2.18. The van der Waals surface area contributed by atoms with E-state index in [0.29, 0.717) is 25.0 Å². The summed E-state index contributed by atoms with van der Waals surface area (Å²) in [5.74, 6) is 1.25. The fourth-order valence-corrected chi connectivity index (χ4v) is 1.95. The normalized spacial score (nSPS) is 10.3. The SMILES string of the molecule is CCOc1cc(C)nc(N(C)Cc2cccc(N)c2)n1. The fraction of sp³-hybridized carbons (Fsp3) is 0.333. The van der Waals surface area contributed by atoms with Crippen LogP contribution in [-0.4, -0.2) is 23.6 Å². The van der Waals surface area contributed by atoms with Gasteiger partial charge in [-0.25, -0.2) is 4.98 Å². The highest BCUT2D eigenvalue weighted by atomic mass is 16.5. The van der Waals surface area contributed by atoms with E-state index in [9.17, 15) is 0 Å². The van der Waals surface area contributed by atoms with Gasteiger partial charge in [-0.15, -0.1) is 0 Å². The number of hydrogen-bond acceptors (Lipinski definition) is 5. The van der Waals surface area contributed by atoms with Crippen LogP contribution in [0.3, 0.4) is 0 Å². The highest BCUT2D eigenvalue weighted by Crippen LogP contribution is 2.17. The molecule has 0 aliphatic carbocycles. The third kappa shape index (κ3) is 3.60. The van der Waals surface area contributed by atoms with Crippen LogP contribution in [-0.2, 0) is 6.54 Å². The summed E-state index contributed by atoms with van der Waals surface area (Å²) in [7, 11) is 1.95. The number of hydrogen-bond donors (Lipinski definition) is 1. The highest BCUT2D eigenvalue weighted by molar-refractivity contribution is 5.42. The number of rotatable bonds is 5. The molecule has 5 heteroatoms. The Morgan fingerprint density at radius 2 is 2.05 bits per heavy atom. The number of nitrogens with zero attached hydrogens (tertiary/aromatic N) is 3. The topological polar surface area (TPSA) is 64.3 Å². The van der Waals surface area contributed by atoms with Gasteiger partial charge < -0.3 is 15.4 Å². The van der Waals surface area contributed by atoms with E-state index in [1.807, 2.05) is 56.1 Å². The van der Waals surface area contributed by atoms with E-state index in [1.54, 1.807) is 0 Å². The number of aromatic nitrogens is 2. The van der Waals surface area contributed by atoms with E-state index in [0.717, 1.165) is 16.9 Å². The van der Waals surface area contributed by atoms with Gasteiger partial charge in [0.25, 0.3) is 0 Å². The maximum absolute atomic E-state index is 5.79. The molecule has 1 heterocycles. The van der Waals surface area contributed by atoms with Gasteiger partial charge in [0.05, 0.1) is 6.61 Å². The summed E-state index contributed by atoms with van der Waals surface area (Å²) < 4.78 is 5.45. The summed E-state index contributed by atoms with van der Waals surface area (Å²) in [6.07, 6.45) is 0. The molecule has 1 aromatic carbocycles. The first-order valence-corrected chi connectivity index (χ1v) is 6.62. The van der Waals surface area contributed by atoms with Crippen LogP contribution in [0.15, 0.2) is 30.3 Å². The summed E-state index contributed by atoms with van der Waals surface area (Å²) in [6.45, 7) is 5.16. The Morgan fingerprint density at radius 3 is 2.75 bits per heavy atom. The smallest absolute Gasteiger partial charge is 0.228 e. The van der Waals surface area contributed by atoms with Crippen LogP contribution >= 0.6 is 0 Å². The zero-order chi connectivity index (χ0) is 14.5. The first-order valence-electron chi connectivity index (χ1n) is 6.62. The molecule has 1 aromatic heterocycles. The number of aryl methyl sites for hydroxylation is 1. The minimum absolute atomic E-state index is 0.592. The first-order chi connectivity index (χ1) is 9.58. The molecular formula is C15H20N4O. The number of nitrogens with two attached hydrogens (primary N) is 1. The van der Waals surface area contributed by atoms with Gasteiger partial charge in [0.1, 0.15) is 0 Å². The second kappa shape index (κ2) is 6.23. The van der Waals surface area contributed by atoms with E-state index in [4.69, 9.17) is 10.5 Å². The van der Waals surface area contributed by atoms with E-state index < -0.39 is 0 Å². The molecule has 20 heavy (non-hydrogen) atoms. The summed E-state index contributed by atoms with van der Waals surface area (Å²) in [6, 6.07) is 9.64. The molecule has 2 aromatic rings. The van der Waals surface area contributed by atoms with E-state index >= 15 is 0 Å². The second-order valence-electron chi connectivity index (χ2n) is 4.68. The molecule has 0 amide bonds. The third-order valence-corrected chi connectivity index (χ3v) is 2.82. The number of nitrogen functional groups attached to an aromatic ring is 1. The quantitative estimate of drug-likeness (QED) is 0.847. The Labute approximate surface area is 119 Å². The van der Waals surface area contributed by atoms with E-state index in [1.165, 1.54) is 0 Å². The van der Waals surface area contributed by atoms with E-state index in [2.05, 4.69) is 9.97 Å². The Hall–Kier alpha value is -2.30. The average Bonchev–Trinajstić information content (AvgIpc) is 2.38. The predicted molar refractivity (Wildman–Crippen MR) is 80.9 cm³/mol. The van der Waals surface area contributed by atoms with Crippen LogP contribution in [0.1, 0.15) is 18.2 Å². The Bertz CT molecular complexity index is 586. The lowest BCUT2D eigenvalue weighted by atomic mass is 10.2. The largest absolute Gasteiger partial charge is 0.478 e. The molecule has 0 saturated heterocycles. The second-order valence-corrected chi connectivity index (χ2v) is 4.68. The Morgan fingerprint density at radius 1 is 1.25 bits per heavy atom. The maximum atomic E-state index is 5.79. The predicted octanol–water partition coefficient (Wildman–Crippen LogP) is 2.40. The minimum atomic E-state index is 0.592. The minimum Gasteiger partial charge on any atom is -0.478 e. The molecule has 106 valence electrons. The fourth-order valence-electron chi connectivity index (χ4n) is 1.95. The molecule has 0 fully saturated rings. The molecule has 0 bridgehead atoms. The van der Waals surface area contributed by atoms with Gasteiger partial charge in [0, 0.05) is 31.0 Å². The molecule has 2 N–H and O–H groups in total. The van der Waals surface area contributed by atoms with Crippen molar-refractivity contribution in [3.05, 3.63) is 41.6 Å². The van der Waals surface area contributed by atoms with Crippen molar-refractivity contribution in [2.24, 2.45) is 0 Å². The van der Waals surface area contributed by atoms with Crippen molar-refractivity contribution in [3.63, 3.8) is 0 Å². The van der Waals surface area contributed by atoms with Crippen molar-refractivity contribution in [2.75, 3.05) is 24.3 Å². The third-order valence-electron chi connectivity index (χ3n) is 2.82. The molecule has 0 spiro atoms. The molecular weight excluding hydrogens is 252 g/mol. The van der Waals surface area contributed by atoms with Gasteiger partial charge >= 0.3 is 0 Å². The summed E-state index contributed by atoms with van der Waals surface area (Å²) >= 11 is 0. The number of anilines is 2. The maximum Gasteiger partial charge on any atom is 0.228 e. The van der Waals surface area contributed by atoms with Gasteiger partial charge in [0.2, 0.25) is 11.8 Å². The molecule has 0 aliphatic rings. The molecule has 0 aliphatic heterocycles. The average molecular weight is 272 g/mol. The van der Waals surface area contributed by atoms with Crippen molar-refractivity contribution in [1.82, 2.24) is 9.97 Å². The van der Waals surface area contributed by atoms with Crippen LogP contribution in [0.5, 0.6) is 5.88 Å². The van der Waals surface area contributed by atoms with Crippen LogP contribution in [0.4, 0.5) is 11.6 Å². The molecule has 5 nitrogen and oxygen atoms in total. The summed E-state index contributed by atoms with van der Waals surface area (Å²) in [4.78, 5) is 10.8. The lowest BCUT2D eigenvalue weighted by Crippen LogP contribution is -2.19. The monoisotopic (exact) mass is 272 g/mol. The molecule has 2 rings (SSSR count). The summed E-state index contributed by atoms with van der Waals surface area (Å²) in [5, 5.41) is 0.